The largest absolute Gasteiger partial charge is 0.394 e. The Morgan fingerprint density at radius 2 is 2.09 bits per heavy atom. The van der Waals surface area contributed by atoms with Crippen LogP contribution in [0, 0.1) is 5.41 Å². The molecule has 2 aliphatic rings. The number of hydrogen-bond donors (Lipinski definition) is 2. The van der Waals surface area contributed by atoms with Gasteiger partial charge in [0.25, 0.3) is 5.91 Å². The van der Waals surface area contributed by atoms with Crippen LogP contribution in [0.15, 0.2) is 12.5 Å². The van der Waals surface area contributed by atoms with E-state index in [-0.39, 0.29) is 23.8 Å². The first-order chi connectivity index (χ1) is 10.9. The van der Waals surface area contributed by atoms with Crippen LogP contribution >= 0.6 is 0 Å². The molecule has 1 spiro atoms. The van der Waals surface area contributed by atoms with Gasteiger partial charge in [-0.05, 0) is 31.6 Å². The minimum absolute atomic E-state index is 0.00785. The second kappa shape index (κ2) is 5.63. The molecule has 0 aromatic carbocycles. The van der Waals surface area contributed by atoms with Crippen molar-refractivity contribution >= 4 is 11.8 Å². The van der Waals surface area contributed by atoms with Crippen molar-refractivity contribution in [2.24, 2.45) is 5.41 Å². The Morgan fingerprint density at radius 3 is 2.57 bits per heavy atom. The van der Waals surface area contributed by atoms with Crippen molar-refractivity contribution < 1.29 is 14.7 Å². The number of aliphatic hydroxyl groups is 1. The van der Waals surface area contributed by atoms with E-state index in [0.29, 0.717) is 25.3 Å². The summed E-state index contributed by atoms with van der Waals surface area (Å²) >= 11 is 0. The molecular weight excluding hydrogens is 296 g/mol. The van der Waals surface area contributed by atoms with E-state index >= 15 is 0 Å². The lowest BCUT2D eigenvalue weighted by Gasteiger charge is -2.39. The first-order valence-corrected chi connectivity index (χ1v) is 8.06. The predicted molar refractivity (Wildman–Crippen MR) is 83.7 cm³/mol. The van der Waals surface area contributed by atoms with E-state index in [1.165, 1.54) is 6.33 Å². The second-order valence-electron chi connectivity index (χ2n) is 7.19. The van der Waals surface area contributed by atoms with Gasteiger partial charge in [-0.15, -0.1) is 0 Å². The van der Waals surface area contributed by atoms with Gasteiger partial charge in [-0.1, -0.05) is 0 Å². The predicted octanol–water partition coefficient (Wildman–Crippen LogP) is 0.635. The molecule has 0 saturated carbocycles. The van der Waals surface area contributed by atoms with E-state index in [1.54, 1.807) is 18.0 Å². The number of H-pyrrole nitrogens is 1. The zero-order chi connectivity index (χ0) is 16.7. The molecule has 3 rings (SSSR count). The number of imidazole rings is 1. The van der Waals surface area contributed by atoms with Gasteiger partial charge in [-0.2, -0.15) is 0 Å². The molecule has 1 atom stereocenters. The number of nitrogens with zero attached hydrogens (tertiary/aromatic N) is 3. The maximum atomic E-state index is 12.4. The summed E-state index contributed by atoms with van der Waals surface area (Å²) in [6.45, 7) is 5.50. The maximum absolute atomic E-state index is 12.4. The number of likely N-dealkylation sites (tertiary alicyclic amines) is 2. The van der Waals surface area contributed by atoms with E-state index in [1.807, 2.05) is 11.8 Å². The number of carbonyl (C=O) groups excluding carboxylic acids is 2. The fourth-order valence-corrected chi connectivity index (χ4v) is 4.18. The second-order valence-corrected chi connectivity index (χ2v) is 7.19. The molecule has 7 nitrogen and oxygen atoms in total. The smallest absolute Gasteiger partial charge is 0.271 e. The molecule has 0 bridgehead atoms. The molecule has 2 amide bonds. The third-order valence-corrected chi connectivity index (χ3v) is 5.46. The number of hydrogen-bond acceptors (Lipinski definition) is 4. The molecule has 3 heterocycles. The highest BCUT2D eigenvalue weighted by Crippen LogP contribution is 2.48. The van der Waals surface area contributed by atoms with Crippen molar-refractivity contribution in [2.45, 2.75) is 38.6 Å². The van der Waals surface area contributed by atoms with Crippen LogP contribution in [0.25, 0.3) is 0 Å². The van der Waals surface area contributed by atoms with Gasteiger partial charge in [0, 0.05) is 26.6 Å². The molecular formula is C16H24N4O3. The fourth-order valence-electron chi connectivity index (χ4n) is 4.18. The average molecular weight is 320 g/mol. The minimum atomic E-state index is -0.485. The van der Waals surface area contributed by atoms with Crippen LogP contribution < -0.4 is 0 Å². The summed E-state index contributed by atoms with van der Waals surface area (Å²) < 4.78 is 0. The molecule has 0 radical (unpaired) electrons. The Bertz CT molecular complexity index is 592. The van der Waals surface area contributed by atoms with Crippen molar-refractivity contribution in [2.75, 3.05) is 26.2 Å². The van der Waals surface area contributed by atoms with Crippen molar-refractivity contribution in [1.82, 2.24) is 19.8 Å². The average Bonchev–Trinajstić information content (AvgIpc) is 3.15. The number of aromatic nitrogens is 2. The monoisotopic (exact) mass is 320 g/mol. The third-order valence-electron chi connectivity index (χ3n) is 5.46. The number of piperidine rings is 1. The van der Waals surface area contributed by atoms with E-state index in [0.717, 1.165) is 19.3 Å². The lowest BCUT2D eigenvalue weighted by molar-refractivity contribution is -0.134. The summed E-state index contributed by atoms with van der Waals surface area (Å²) in [5, 5.41) is 9.75. The van der Waals surface area contributed by atoms with Gasteiger partial charge in [0.05, 0.1) is 24.7 Å². The summed E-state index contributed by atoms with van der Waals surface area (Å²) in [6, 6.07) is 0. The lowest BCUT2D eigenvalue weighted by Crippen LogP contribution is -2.46. The Balaban J connectivity index is 1.69. The molecule has 2 fully saturated rings. The molecule has 7 heteroatoms. The first kappa shape index (κ1) is 16.0. The topological polar surface area (TPSA) is 89.5 Å². The molecule has 1 aromatic rings. The van der Waals surface area contributed by atoms with Gasteiger partial charge in [-0.25, -0.2) is 4.98 Å². The molecule has 126 valence electrons. The van der Waals surface area contributed by atoms with Gasteiger partial charge in [-0.3, -0.25) is 9.59 Å². The molecule has 0 unspecified atom stereocenters. The summed E-state index contributed by atoms with van der Waals surface area (Å²) in [5.74, 6) is -0.0157. The van der Waals surface area contributed by atoms with E-state index in [9.17, 15) is 14.7 Å². The molecule has 2 N–H and O–H groups in total. The summed E-state index contributed by atoms with van der Waals surface area (Å²) in [6.07, 6.45) is 5.55. The van der Waals surface area contributed by atoms with Crippen LogP contribution in [0.2, 0.25) is 0 Å². The standard InChI is InChI=1S/C16H24N4O3/c1-12(22)20-9-16(8-15(20,2)10-21)3-5-19(6-4-16)14(23)13-7-17-11-18-13/h7,11,21H,3-6,8-10H2,1-2H3,(H,17,18)/t15-/m0/s1. The molecule has 0 aliphatic carbocycles. The molecule has 2 saturated heterocycles. The molecule has 2 aliphatic heterocycles. The number of rotatable bonds is 2. The lowest BCUT2D eigenvalue weighted by atomic mass is 9.74. The number of amides is 2. The SMILES string of the molecule is CC(=O)N1CC2(CCN(C(=O)c3cnc[nH]3)CC2)C[C@@]1(C)CO. The minimum Gasteiger partial charge on any atom is -0.394 e. The van der Waals surface area contributed by atoms with Crippen LogP contribution in [0.1, 0.15) is 43.6 Å². The van der Waals surface area contributed by atoms with Crippen LogP contribution in [0.4, 0.5) is 0 Å². The van der Waals surface area contributed by atoms with Crippen molar-refractivity contribution in [3.8, 4) is 0 Å². The zero-order valence-electron chi connectivity index (χ0n) is 13.7. The Labute approximate surface area is 135 Å². The summed E-state index contributed by atoms with van der Waals surface area (Å²) in [5.41, 5.74) is 0.0351. The normalized spacial score (nSPS) is 26.7. The van der Waals surface area contributed by atoms with E-state index < -0.39 is 5.54 Å². The van der Waals surface area contributed by atoms with Gasteiger partial charge >= 0.3 is 0 Å². The van der Waals surface area contributed by atoms with Crippen molar-refractivity contribution in [1.29, 1.82) is 0 Å². The number of aromatic amines is 1. The molecule has 23 heavy (non-hydrogen) atoms. The van der Waals surface area contributed by atoms with Crippen molar-refractivity contribution in [3.05, 3.63) is 18.2 Å². The zero-order valence-corrected chi connectivity index (χ0v) is 13.7. The van der Waals surface area contributed by atoms with Gasteiger partial charge in [0.15, 0.2) is 0 Å². The van der Waals surface area contributed by atoms with Crippen LogP contribution in [-0.2, 0) is 4.79 Å². The highest BCUT2D eigenvalue weighted by molar-refractivity contribution is 5.92. The fraction of sp³-hybridized carbons (Fsp3) is 0.688. The summed E-state index contributed by atoms with van der Waals surface area (Å²) in [7, 11) is 0. The number of carbonyl (C=O) groups is 2. The van der Waals surface area contributed by atoms with E-state index in [4.69, 9.17) is 0 Å². The Morgan fingerprint density at radius 1 is 1.39 bits per heavy atom. The third kappa shape index (κ3) is 2.73. The van der Waals surface area contributed by atoms with Crippen LogP contribution in [0.3, 0.4) is 0 Å². The van der Waals surface area contributed by atoms with E-state index in [2.05, 4.69) is 9.97 Å². The van der Waals surface area contributed by atoms with Gasteiger partial charge in [0.1, 0.15) is 5.69 Å². The van der Waals surface area contributed by atoms with Gasteiger partial charge < -0.3 is 19.9 Å². The molecule has 1 aromatic heterocycles. The number of nitrogens with one attached hydrogen (secondary N) is 1. The highest BCUT2D eigenvalue weighted by atomic mass is 16.3. The maximum Gasteiger partial charge on any atom is 0.271 e. The first-order valence-electron chi connectivity index (χ1n) is 8.06. The van der Waals surface area contributed by atoms with Gasteiger partial charge in [0.2, 0.25) is 5.91 Å². The Kier molecular flexibility index (Phi) is 3.91. The Hall–Kier alpha value is -1.89. The summed E-state index contributed by atoms with van der Waals surface area (Å²) in [4.78, 5) is 34.7. The van der Waals surface area contributed by atoms with Crippen LogP contribution in [0.5, 0.6) is 0 Å². The quantitative estimate of drug-likeness (QED) is 0.836. The van der Waals surface area contributed by atoms with Crippen molar-refractivity contribution in [3.63, 3.8) is 0 Å². The highest BCUT2D eigenvalue weighted by Gasteiger charge is 2.52. The number of aliphatic hydroxyl groups excluding tert-OH is 1. The van der Waals surface area contributed by atoms with Crippen LogP contribution in [-0.4, -0.2) is 68.5 Å².